The van der Waals surface area contributed by atoms with Gasteiger partial charge in [-0.2, -0.15) is 0 Å². The summed E-state index contributed by atoms with van der Waals surface area (Å²) in [6.07, 6.45) is 6.06. The van der Waals surface area contributed by atoms with Gasteiger partial charge in [0.25, 0.3) is 0 Å². The topological polar surface area (TPSA) is 17.8 Å². The minimum atomic E-state index is 1.09. The standard InChI is InChI=1S/C12H18N2/c1-6-7-11(9(2)3)12-10(4)13-8-14(12)5/h6-8H,1-5H3. The second-order valence-corrected chi connectivity index (χ2v) is 3.70. The van der Waals surface area contributed by atoms with E-state index in [9.17, 15) is 0 Å². The molecular formula is C12H18N2. The van der Waals surface area contributed by atoms with Gasteiger partial charge in [0.1, 0.15) is 0 Å². The summed E-state index contributed by atoms with van der Waals surface area (Å²) < 4.78 is 2.07. The van der Waals surface area contributed by atoms with Gasteiger partial charge in [0.2, 0.25) is 0 Å². The van der Waals surface area contributed by atoms with Crippen molar-refractivity contribution in [3.05, 3.63) is 35.4 Å². The van der Waals surface area contributed by atoms with Gasteiger partial charge in [-0.3, -0.25) is 0 Å². The summed E-state index contributed by atoms with van der Waals surface area (Å²) in [6, 6.07) is 0. The Morgan fingerprint density at radius 3 is 2.43 bits per heavy atom. The Kier molecular flexibility index (Phi) is 3.28. The van der Waals surface area contributed by atoms with Gasteiger partial charge in [0.05, 0.1) is 17.7 Å². The molecular weight excluding hydrogens is 172 g/mol. The van der Waals surface area contributed by atoms with Crippen LogP contribution in [0.3, 0.4) is 0 Å². The van der Waals surface area contributed by atoms with E-state index >= 15 is 0 Å². The molecule has 0 saturated carbocycles. The zero-order chi connectivity index (χ0) is 10.7. The van der Waals surface area contributed by atoms with Crippen molar-refractivity contribution in [2.75, 3.05) is 0 Å². The van der Waals surface area contributed by atoms with Crippen LogP contribution in [0.15, 0.2) is 24.1 Å². The van der Waals surface area contributed by atoms with Crippen LogP contribution in [-0.2, 0) is 7.05 Å². The Morgan fingerprint density at radius 1 is 1.43 bits per heavy atom. The summed E-state index contributed by atoms with van der Waals surface area (Å²) >= 11 is 0. The van der Waals surface area contributed by atoms with Crippen molar-refractivity contribution >= 4 is 5.57 Å². The molecule has 0 radical (unpaired) electrons. The second-order valence-electron chi connectivity index (χ2n) is 3.70. The third-order valence-electron chi connectivity index (χ3n) is 2.25. The molecule has 0 atom stereocenters. The molecule has 2 nitrogen and oxygen atoms in total. The van der Waals surface area contributed by atoms with Gasteiger partial charge in [0.15, 0.2) is 0 Å². The molecule has 0 bridgehead atoms. The predicted molar refractivity (Wildman–Crippen MR) is 61.0 cm³/mol. The Bertz CT molecular complexity index is 358. The molecule has 1 heterocycles. The third kappa shape index (κ3) is 1.95. The first kappa shape index (κ1) is 10.8. The molecule has 1 aromatic rings. The first-order valence-electron chi connectivity index (χ1n) is 4.86. The summed E-state index contributed by atoms with van der Waals surface area (Å²) in [5.41, 5.74) is 4.88. The van der Waals surface area contributed by atoms with Crippen molar-refractivity contribution in [3.8, 4) is 0 Å². The van der Waals surface area contributed by atoms with Crippen LogP contribution in [0.4, 0.5) is 0 Å². The van der Waals surface area contributed by atoms with Crippen LogP contribution in [0.1, 0.15) is 32.2 Å². The molecule has 0 aliphatic rings. The van der Waals surface area contributed by atoms with Crippen molar-refractivity contribution in [1.29, 1.82) is 0 Å². The van der Waals surface area contributed by atoms with Gasteiger partial charge >= 0.3 is 0 Å². The molecule has 0 N–H and O–H groups in total. The zero-order valence-electron chi connectivity index (χ0n) is 9.63. The van der Waals surface area contributed by atoms with Gasteiger partial charge in [-0.05, 0) is 33.3 Å². The molecule has 2 heteroatoms. The number of aromatic nitrogens is 2. The van der Waals surface area contributed by atoms with Crippen molar-refractivity contribution in [2.24, 2.45) is 7.05 Å². The molecule has 1 rings (SSSR count). The number of nitrogens with zero attached hydrogens (tertiary/aromatic N) is 2. The number of rotatable bonds is 2. The van der Waals surface area contributed by atoms with Crippen LogP contribution in [-0.4, -0.2) is 9.55 Å². The van der Waals surface area contributed by atoms with Crippen LogP contribution in [0, 0.1) is 6.92 Å². The minimum Gasteiger partial charge on any atom is -0.334 e. The van der Waals surface area contributed by atoms with Crippen molar-refractivity contribution < 1.29 is 0 Å². The van der Waals surface area contributed by atoms with Crippen LogP contribution in [0.2, 0.25) is 0 Å². The van der Waals surface area contributed by atoms with Crippen molar-refractivity contribution in [1.82, 2.24) is 9.55 Å². The van der Waals surface area contributed by atoms with E-state index < -0.39 is 0 Å². The summed E-state index contributed by atoms with van der Waals surface area (Å²) in [7, 11) is 2.03. The van der Waals surface area contributed by atoms with Gasteiger partial charge in [-0.1, -0.05) is 17.7 Å². The Labute approximate surface area is 86.0 Å². The lowest BCUT2D eigenvalue weighted by atomic mass is 10.1. The lowest BCUT2D eigenvalue weighted by molar-refractivity contribution is 0.896. The van der Waals surface area contributed by atoms with E-state index in [1.807, 2.05) is 27.2 Å². The number of hydrogen-bond acceptors (Lipinski definition) is 1. The molecule has 0 fully saturated rings. The summed E-state index contributed by atoms with van der Waals surface area (Å²) in [5, 5.41) is 0. The van der Waals surface area contributed by atoms with E-state index in [0.717, 1.165) is 5.69 Å². The Hall–Kier alpha value is -1.31. The Morgan fingerprint density at radius 2 is 2.07 bits per heavy atom. The van der Waals surface area contributed by atoms with Gasteiger partial charge in [-0.25, -0.2) is 4.98 Å². The summed E-state index contributed by atoms with van der Waals surface area (Å²) in [5.74, 6) is 0. The predicted octanol–water partition coefficient (Wildman–Crippen LogP) is 3.10. The third-order valence-corrected chi connectivity index (χ3v) is 2.25. The molecule has 76 valence electrons. The first-order chi connectivity index (χ1) is 6.57. The van der Waals surface area contributed by atoms with E-state index in [1.54, 1.807) is 0 Å². The molecule has 14 heavy (non-hydrogen) atoms. The SMILES string of the molecule is CC=CC(=C(C)C)c1c(C)ncn1C. The van der Waals surface area contributed by atoms with Crippen LogP contribution in [0.25, 0.3) is 5.57 Å². The largest absolute Gasteiger partial charge is 0.334 e. The average molecular weight is 190 g/mol. The number of allylic oxidation sites excluding steroid dienone is 4. The van der Waals surface area contributed by atoms with E-state index in [2.05, 4.69) is 35.6 Å². The van der Waals surface area contributed by atoms with E-state index in [-0.39, 0.29) is 0 Å². The summed E-state index contributed by atoms with van der Waals surface area (Å²) in [4.78, 5) is 4.30. The lowest BCUT2D eigenvalue weighted by Gasteiger charge is -2.07. The maximum absolute atomic E-state index is 4.30. The molecule has 0 aliphatic heterocycles. The highest BCUT2D eigenvalue weighted by Gasteiger charge is 2.08. The van der Waals surface area contributed by atoms with Gasteiger partial charge < -0.3 is 4.57 Å². The Balaban J connectivity index is 3.33. The maximum Gasteiger partial charge on any atom is 0.0951 e. The molecule has 0 aromatic carbocycles. The fourth-order valence-corrected chi connectivity index (χ4v) is 1.58. The van der Waals surface area contributed by atoms with E-state index in [4.69, 9.17) is 0 Å². The highest BCUT2D eigenvalue weighted by Crippen LogP contribution is 2.22. The smallest absolute Gasteiger partial charge is 0.0951 e. The summed E-state index contributed by atoms with van der Waals surface area (Å²) in [6.45, 7) is 8.33. The second kappa shape index (κ2) is 4.27. The van der Waals surface area contributed by atoms with Crippen molar-refractivity contribution in [3.63, 3.8) is 0 Å². The molecule has 0 saturated heterocycles. The number of imidazole rings is 1. The monoisotopic (exact) mass is 190 g/mol. The van der Waals surface area contributed by atoms with Gasteiger partial charge in [-0.15, -0.1) is 0 Å². The van der Waals surface area contributed by atoms with Crippen LogP contribution < -0.4 is 0 Å². The van der Waals surface area contributed by atoms with E-state index in [1.165, 1.54) is 16.8 Å². The van der Waals surface area contributed by atoms with Crippen LogP contribution >= 0.6 is 0 Å². The lowest BCUT2D eigenvalue weighted by Crippen LogP contribution is -1.96. The fourth-order valence-electron chi connectivity index (χ4n) is 1.58. The van der Waals surface area contributed by atoms with E-state index in [0.29, 0.717) is 0 Å². The first-order valence-corrected chi connectivity index (χ1v) is 4.86. The average Bonchev–Trinajstić information content (AvgIpc) is 2.43. The molecule has 0 unspecified atom stereocenters. The molecule has 1 aromatic heterocycles. The molecule has 0 spiro atoms. The highest BCUT2D eigenvalue weighted by atomic mass is 15.0. The van der Waals surface area contributed by atoms with Crippen LogP contribution in [0.5, 0.6) is 0 Å². The zero-order valence-corrected chi connectivity index (χ0v) is 9.63. The van der Waals surface area contributed by atoms with Crippen molar-refractivity contribution in [2.45, 2.75) is 27.7 Å². The van der Waals surface area contributed by atoms with Gasteiger partial charge in [0, 0.05) is 7.05 Å². The minimum absolute atomic E-state index is 1.09. The maximum atomic E-state index is 4.30. The number of hydrogen-bond donors (Lipinski definition) is 0. The highest BCUT2D eigenvalue weighted by molar-refractivity contribution is 5.75. The normalized spacial score (nSPS) is 10.9. The molecule has 0 amide bonds. The molecule has 0 aliphatic carbocycles. The number of aryl methyl sites for hydroxylation is 2. The quantitative estimate of drug-likeness (QED) is 0.655. The fraction of sp³-hybridized carbons (Fsp3) is 0.417.